The third-order valence-electron chi connectivity index (χ3n) is 4.28. The zero-order valence-corrected chi connectivity index (χ0v) is 17.7. The van der Waals surface area contributed by atoms with Gasteiger partial charge in [-0.15, -0.1) is 0 Å². The molecular weight excluding hydrogens is 388 g/mol. The largest absolute Gasteiger partial charge is 0.486 e. The molecule has 4 nitrogen and oxygen atoms in total. The van der Waals surface area contributed by atoms with Gasteiger partial charge in [0.1, 0.15) is 13.2 Å². The third kappa shape index (κ3) is 5.91. The van der Waals surface area contributed by atoms with Crippen molar-refractivity contribution < 1.29 is 9.47 Å². The lowest BCUT2D eigenvalue weighted by atomic mass is 10.2. The summed E-state index contributed by atoms with van der Waals surface area (Å²) in [5, 5.41) is 4.10. The molecule has 2 aromatic rings. The molecule has 0 amide bonds. The molecule has 0 fully saturated rings. The number of thiocarbonyl (C=S) groups is 1. The van der Waals surface area contributed by atoms with Gasteiger partial charge in [-0.1, -0.05) is 42.5 Å². The van der Waals surface area contributed by atoms with Crippen LogP contribution in [0.2, 0.25) is 0 Å². The summed E-state index contributed by atoms with van der Waals surface area (Å²) in [6.45, 7) is 2.69. The summed E-state index contributed by atoms with van der Waals surface area (Å²) in [4.78, 5) is 2.09. The Kier molecular flexibility index (Phi) is 8.06. The normalized spacial score (nSPS) is 12.8. The zero-order chi connectivity index (χ0) is 19.6. The maximum atomic E-state index is 5.74. The smallest absolute Gasteiger partial charge is 0.173 e. The number of rotatable bonds is 8. The summed E-state index contributed by atoms with van der Waals surface area (Å²) in [6.07, 6.45) is 7.44. The Balaban J connectivity index is 1.73. The van der Waals surface area contributed by atoms with Crippen molar-refractivity contribution >= 4 is 40.9 Å². The van der Waals surface area contributed by atoms with Crippen LogP contribution < -0.4 is 19.7 Å². The molecule has 0 spiro atoms. The van der Waals surface area contributed by atoms with E-state index in [4.69, 9.17) is 21.7 Å². The van der Waals surface area contributed by atoms with Gasteiger partial charge in [0.05, 0.1) is 0 Å². The van der Waals surface area contributed by atoms with Crippen LogP contribution in [0.25, 0.3) is 6.08 Å². The minimum Gasteiger partial charge on any atom is -0.486 e. The molecule has 0 saturated carbocycles. The minimum atomic E-state index is 0.571. The Hall–Kier alpha value is -2.18. The lowest BCUT2D eigenvalue weighted by Gasteiger charge is -2.27. The van der Waals surface area contributed by atoms with Gasteiger partial charge in [-0.3, -0.25) is 0 Å². The molecule has 1 aliphatic rings. The fourth-order valence-electron chi connectivity index (χ4n) is 2.87. The van der Waals surface area contributed by atoms with Crippen LogP contribution in [-0.2, 0) is 0 Å². The van der Waals surface area contributed by atoms with E-state index in [1.165, 1.54) is 5.56 Å². The zero-order valence-electron chi connectivity index (χ0n) is 16.1. The summed E-state index contributed by atoms with van der Waals surface area (Å²) < 4.78 is 11.4. The first-order valence-electron chi connectivity index (χ1n) is 9.43. The number of hydrogen-bond donors (Lipinski definition) is 1. The molecule has 2 aromatic carbocycles. The molecule has 1 aliphatic heterocycles. The van der Waals surface area contributed by atoms with Gasteiger partial charge < -0.3 is 19.7 Å². The number of fused-ring (bicyclic) bond motifs is 1. The quantitative estimate of drug-likeness (QED) is 0.502. The number of nitrogens with one attached hydrogen (secondary N) is 1. The average Bonchev–Trinajstić information content (AvgIpc) is 2.74. The standard InChI is InChI=1S/C22H26N2O2S2/c1-28-16-6-12-23-22(27)24(13-5-9-18-7-3-2-4-8-18)19-10-11-20-21(17-19)26-15-14-25-20/h2-5,7-11,17H,6,12-16H2,1H3,(H,23,27)/b9-5+. The predicted octanol–water partition coefficient (Wildman–Crippen LogP) is 4.61. The molecule has 1 heterocycles. The molecule has 1 N–H and O–H groups in total. The molecular formula is C22H26N2O2S2. The van der Waals surface area contributed by atoms with E-state index in [1.54, 1.807) is 0 Å². The second-order valence-corrected chi connectivity index (χ2v) is 7.70. The van der Waals surface area contributed by atoms with Crippen molar-refractivity contribution in [3.63, 3.8) is 0 Å². The van der Waals surface area contributed by atoms with Crippen molar-refractivity contribution in [1.29, 1.82) is 0 Å². The summed E-state index contributed by atoms with van der Waals surface area (Å²) >= 11 is 7.54. The second-order valence-electron chi connectivity index (χ2n) is 6.33. The number of benzene rings is 2. The SMILES string of the molecule is CSCCCNC(=S)N(C/C=C/c1ccccc1)c1ccc2c(c1)OCCO2. The molecule has 0 unspecified atom stereocenters. The monoisotopic (exact) mass is 414 g/mol. The Morgan fingerprint density at radius 2 is 1.93 bits per heavy atom. The highest BCUT2D eigenvalue weighted by Crippen LogP contribution is 2.34. The average molecular weight is 415 g/mol. The molecule has 6 heteroatoms. The van der Waals surface area contributed by atoms with E-state index in [9.17, 15) is 0 Å². The molecule has 0 atom stereocenters. The second kappa shape index (κ2) is 11.0. The van der Waals surface area contributed by atoms with E-state index in [2.05, 4.69) is 40.8 Å². The van der Waals surface area contributed by atoms with Gasteiger partial charge in [0.15, 0.2) is 16.6 Å². The van der Waals surface area contributed by atoms with Crippen LogP contribution in [0.1, 0.15) is 12.0 Å². The van der Waals surface area contributed by atoms with E-state index in [1.807, 2.05) is 48.2 Å². The van der Waals surface area contributed by atoms with E-state index in [-0.39, 0.29) is 0 Å². The predicted molar refractivity (Wildman–Crippen MR) is 124 cm³/mol. The number of hydrogen-bond acceptors (Lipinski definition) is 4. The Bertz CT molecular complexity index is 796. The van der Waals surface area contributed by atoms with Crippen LogP contribution in [0, 0.1) is 0 Å². The summed E-state index contributed by atoms with van der Waals surface area (Å²) in [6, 6.07) is 16.3. The van der Waals surface area contributed by atoms with Gasteiger partial charge in [-0.2, -0.15) is 11.8 Å². The van der Waals surface area contributed by atoms with Crippen LogP contribution in [-0.4, -0.2) is 43.4 Å². The number of thioether (sulfide) groups is 1. The fraction of sp³-hybridized carbons (Fsp3) is 0.318. The van der Waals surface area contributed by atoms with Crippen LogP contribution in [0.5, 0.6) is 11.5 Å². The first-order valence-corrected chi connectivity index (χ1v) is 11.2. The third-order valence-corrected chi connectivity index (χ3v) is 5.34. The number of ether oxygens (including phenoxy) is 2. The first kappa shape index (κ1) is 20.6. The van der Waals surface area contributed by atoms with Gasteiger partial charge in [0.25, 0.3) is 0 Å². The van der Waals surface area contributed by atoms with Crippen LogP contribution in [0.4, 0.5) is 5.69 Å². The van der Waals surface area contributed by atoms with E-state index >= 15 is 0 Å². The van der Waals surface area contributed by atoms with Crippen molar-refractivity contribution in [2.75, 3.05) is 43.2 Å². The van der Waals surface area contributed by atoms with Gasteiger partial charge in [-0.05, 0) is 48.3 Å². The van der Waals surface area contributed by atoms with Gasteiger partial charge in [-0.25, -0.2) is 0 Å². The summed E-state index contributed by atoms with van der Waals surface area (Å²) in [5.74, 6) is 2.67. The summed E-state index contributed by atoms with van der Waals surface area (Å²) in [7, 11) is 0. The van der Waals surface area contributed by atoms with Crippen LogP contribution in [0.3, 0.4) is 0 Å². The molecule has 28 heavy (non-hydrogen) atoms. The Labute approximate surface area is 176 Å². The number of nitrogens with zero attached hydrogens (tertiary/aromatic N) is 1. The molecule has 0 bridgehead atoms. The van der Waals surface area contributed by atoms with E-state index in [0.717, 1.165) is 41.0 Å². The Morgan fingerprint density at radius 1 is 1.14 bits per heavy atom. The summed E-state index contributed by atoms with van der Waals surface area (Å²) in [5.41, 5.74) is 2.16. The fourth-order valence-corrected chi connectivity index (χ4v) is 3.59. The molecule has 0 aromatic heterocycles. The first-order chi connectivity index (χ1) is 13.8. The van der Waals surface area contributed by atoms with Crippen molar-refractivity contribution in [2.45, 2.75) is 6.42 Å². The maximum Gasteiger partial charge on any atom is 0.173 e. The van der Waals surface area contributed by atoms with Gasteiger partial charge >= 0.3 is 0 Å². The molecule has 0 radical (unpaired) electrons. The molecule has 3 rings (SSSR count). The molecule has 148 valence electrons. The van der Waals surface area contributed by atoms with Crippen molar-refractivity contribution in [3.8, 4) is 11.5 Å². The van der Waals surface area contributed by atoms with E-state index in [0.29, 0.717) is 19.8 Å². The van der Waals surface area contributed by atoms with Crippen LogP contribution >= 0.6 is 24.0 Å². The maximum absolute atomic E-state index is 5.74. The molecule has 0 aliphatic carbocycles. The highest BCUT2D eigenvalue weighted by molar-refractivity contribution is 7.98. The Morgan fingerprint density at radius 3 is 2.71 bits per heavy atom. The van der Waals surface area contributed by atoms with Gasteiger partial charge in [0.2, 0.25) is 0 Å². The van der Waals surface area contributed by atoms with Crippen molar-refractivity contribution in [2.24, 2.45) is 0 Å². The number of anilines is 1. The van der Waals surface area contributed by atoms with Gasteiger partial charge in [0, 0.05) is 24.8 Å². The van der Waals surface area contributed by atoms with E-state index < -0.39 is 0 Å². The molecule has 0 saturated heterocycles. The topological polar surface area (TPSA) is 33.7 Å². The highest BCUT2D eigenvalue weighted by atomic mass is 32.2. The van der Waals surface area contributed by atoms with Crippen molar-refractivity contribution in [3.05, 3.63) is 60.2 Å². The van der Waals surface area contributed by atoms with Crippen molar-refractivity contribution in [1.82, 2.24) is 5.32 Å². The van der Waals surface area contributed by atoms with Crippen LogP contribution in [0.15, 0.2) is 54.6 Å². The minimum absolute atomic E-state index is 0.571. The lowest BCUT2D eigenvalue weighted by molar-refractivity contribution is 0.171. The lowest BCUT2D eigenvalue weighted by Crippen LogP contribution is -2.40. The highest BCUT2D eigenvalue weighted by Gasteiger charge is 2.16.